The van der Waals surface area contributed by atoms with Gasteiger partial charge in [-0.25, -0.2) is 8.78 Å². The molecule has 5 heterocycles. The second kappa shape index (κ2) is 14.3. The smallest absolute Gasteiger partial charge is 0.265 e. The van der Waals surface area contributed by atoms with Crippen LogP contribution in [0.25, 0.3) is 43.4 Å². The molecule has 0 spiro atoms. The third kappa shape index (κ3) is 6.16. The molecule has 4 aromatic heterocycles. The minimum Gasteiger partial charge on any atom is -0.265 e. The molecule has 0 bridgehead atoms. The van der Waals surface area contributed by atoms with E-state index in [9.17, 15) is 9.90 Å². The minimum atomic E-state index is -0.674. The number of aryl methyl sites for hydroxylation is 1. The molecule has 2 aromatic carbocycles. The average Bonchev–Trinajstić information content (AvgIpc) is 3.92. The number of fused-ring (bicyclic) bond motifs is 7. The fourth-order valence-electron chi connectivity index (χ4n) is 6.98. The van der Waals surface area contributed by atoms with Crippen molar-refractivity contribution >= 4 is 59.0 Å². The zero-order chi connectivity index (χ0) is 36.3. The van der Waals surface area contributed by atoms with E-state index in [1.54, 1.807) is 15.8 Å². The summed E-state index contributed by atoms with van der Waals surface area (Å²) in [6.45, 7) is 8.67. The third-order valence-electron chi connectivity index (χ3n) is 9.43. The molecule has 1 unspecified atom stereocenters. The summed E-state index contributed by atoms with van der Waals surface area (Å²) in [4.78, 5) is 19.7. The Bertz CT molecular complexity index is 2430. The van der Waals surface area contributed by atoms with Crippen LogP contribution in [0.2, 0.25) is 0 Å². The molecule has 52 heavy (non-hydrogen) atoms. The molecule has 0 saturated carbocycles. The Hall–Kier alpha value is -3.65. The normalized spacial score (nSPS) is 17.4. The fraction of sp³-hybridized carbons (Fsp3) is 0.270. The van der Waals surface area contributed by atoms with Gasteiger partial charge in [0, 0.05) is 12.1 Å². The molecular weight excluding hydrogens is 916 g/mol. The molecule has 1 amide bonds. The molecule has 6 aromatic rings. The summed E-state index contributed by atoms with van der Waals surface area (Å²) in [5, 5.41) is 22.4. The second-order valence-electron chi connectivity index (χ2n) is 12.8. The Morgan fingerprint density at radius 3 is 2.90 bits per heavy atom. The molecule has 2 aliphatic rings. The molecule has 0 saturated heterocycles. The van der Waals surface area contributed by atoms with Crippen molar-refractivity contribution < 1.29 is 44.1 Å². The minimum absolute atomic E-state index is 0.00396. The number of carbonyl (C=O) groups is 1. The van der Waals surface area contributed by atoms with Crippen molar-refractivity contribution in [3.8, 4) is 28.1 Å². The molecule has 1 aliphatic heterocycles. The van der Waals surface area contributed by atoms with Gasteiger partial charge >= 0.3 is 236 Å². The van der Waals surface area contributed by atoms with Gasteiger partial charge in [-0.15, -0.1) is 0 Å². The van der Waals surface area contributed by atoms with Gasteiger partial charge in [-0.3, -0.25) is 9.48 Å². The van der Waals surface area contributed by atoms with Gasteiger partial charge in [-0.1, -0.05) is 6.58 Å². The number of hydrogen-bond donors (Lipinski definition) is 1. The summed E-state index contributed by atoms with van der Waals surface area (Å²) >= 11 is 0.700. The van der Waals surface area contributed by atoms with Gasteiger partial charge in [0.1, 0.15) is 5.82 Å². The molecule has 10 nitrogen and oxygen atoms in total. The van der Waals surface area contributed by atoms with Crippen LogP contribution in [0, 0.1) is 11.6 Å². The number of thiophene rings is 1. The SMILES string of the molecule is C=CC(=O)N1Cc2cc(C3c4cc(F)cc(F)c4-c4c3nc(-c3cc5cnn(C)c5cc3OCC=I[I-]O[C@@H](C)CO)c3ccsc43)nn2C[C@@H]1C. The number of benzene rings is 2. The van der Waals surface area contributed by atoms with E-state index in [2.05, 4.69) is 15.7 Å². The van der Waals surface area contributed by atoms with Gasteiger partial charge in [-0.2, -0.15) is 0 Å². The van der Waals surface area contributed by atoms with E-state index in [4.69, 9.17) is 17.9 Å². The number of aliphatic hydroxyl groups is 1. The first kappa shape index (κ1) is 35.4. The summed E-state index contributed by atoms with van der Waals surface area (Å²) in [5.74, 6) is -1.52. The second-order valence-corrected chi connectivity index (χ2v) is 21.3. The fourth-order valence-corrected chi connectivity index (χ4v) is 13.8. The molecule has 0 fully saturated rings. The maximum absolute atomic E-state index is 16.0. The van der Waals surface area contributed by atoms with Crippen LogP contribution in [0.5, 0.6) is 5.75 Å². The number of hydrogen-bond acceptors (Lipinski definition) is 8. The Balaban J connectivity index is 1.27. The first-order chi connectivity index (χ1) is 25.2. The molecule has 1 aliphatic carbocycles. The summed E-state index contributed by atoms with van der Waals surface area (Å²) < 4.78 is 49.9. The van der Waals surface area contributed by atoms with Gasteiger partial charge in [0.15, 0.2) is 0 Å². The number of pyridine rings is 1. The summed E-state index contributed by atoms with van der Waals surface area (Å²) in [6, 6.07) is 10.1. The van der Waals surface area contributed by atoms with Crippen molar-refractivity contribution in [2.24, 2.45) is 7.05 Å². The zero-order valence-corrected chi connectivity index (χ0v) is 33.4. The molecular formula is C37H33F2I2N6O4S-. The number of aromatic nitrogens is 5. The van der Waals surface area contributed by atoms with Crippen molar-refractivity contribution in [1.29, 1.82) is 0 Å². The molecule has 15 heteroatoms. The Morgan fingerprint density at radius 1 is 1.25 bits per heavy atom. The van der Waals surface area contributed by atoms with Crippen molar-refractivity contribution in [1.82, 2.24) is 29.4 Å². The number of rotatable bonds is 10. The first-order valence-corrected chi connectivity index (χ1v) is 25.8. The number of nitrogens with zero attached hydrogens (tertiary/aromatic N) is 6. The van der Waals surface area contributed by atoms with Gasteiger partial charge in [0.25, 0.3) is 0 Å². The molecule has 3 atom stereocenters. The van der Waals surface area contributed by atoms with Gasteiger partial charge in [0.05, 0.1) is 18.8 Å². The van der Waals surface area contributed by atoms with E-state index in [-0.39, 0.29) is 41.4 Å². The number of halogens is 4. The maximum atomic E-state index is 16.0. The Labute approximate surface area is 318 Å². The third-order valence-corrected chi connectivity index (χ3v) is 17.1. The van der Waals surface area contributed by atoms with Crippen LogP contribution in [0.3, 0.4) is 0 Å². The van der Waals surface area contributed by atoms with Crippen LogP contribution in [0.15, 0.2) is 60.6 Å². The zero-order valence-electron chi connectivity index (χ0n) is 28.3. The van der Waals surface area contributed by atoms with Crippen molar-refractivity contribution in [2.45, 2.75) is 45.0 Å². The van der Waals surface area contributed by atoms with Gasteiger partial charge in [-0.05, 0) is 13.0 Å². The standard InChI is InChI=1S/C37H33F2I2N6O4S/c1-5-31(49)46-17-23-13-28(44-47(23)16-19(46)2)33-26-11-22(38)12-27(39)32(26)34-36(33)43-35(24-6-9-52-37(24)34)25-10-21-15-42-45(4)29(21)14-30(25)50-8-7-40-41-51-20(3)18-48/h5-7,9-15,19-20,33,48H,1,8,16-18H2,2-4H3/q-1/t19-,20-,33?/m0/s1. The summed E-state index contributed by atoms with van der Waals surface area (Å²) in [7, 11) is 1.88. The Morgan fingerprint density at radius 2 is 2.10 bits per heavy atom. The van der Waals surface area contributed by atoms with E-state index in [0.29, 0.717) is 59.2 Å². The van der Waals surface area contributed by atoms with E-state index in [1.165, 1.54) is 23.5 Å². The average molecular weight is 950 g/mol. The monoisotopic (exact) mass is 949 g/mol. The van der Waals surface area contributed by atoms with Crippen LogP contribution in [0.1, 0.15) is 42.4 Å². The molecule has 1 N–H and O–H groups in total. The van der Waals surface area contributed by atoms with Crippen LogP contribution >= 0.6 is 28.1 Å². The topological polar surface area (TPSA) is 108 Å². The van der Waals surface area contributed by atoms with Crippen LogP contribution in [-0.2, 0) is 28.0 Å². The van der Waals surface area contributed by atoms with Gasteiger partial charge < -0.3 is 4.90 Å². The van der Waals surface area contributed by atoms with Crippen molar-refractivity contribution in [2.75, 3.05) is 13.2 Å². The van der Waals surface area contributed by atoms with Crippen molar-refractivity contribution in [3.63, 3.8) is 0 Å². The van der Waals surface area contributed by atoms with Gasteiger partial charge in [0.2, 0.25) is 5.91 Å². The van der Waals surface area contributed by atoms with Crippen LogP contribution in [0.4, 0.5) is 8.78 Å². The van der Waals surface area contributed by atoms with E-state index >= 15 is 8.78 Å². The van der Waals surface area contributed by atoms with E-state index in [0.717, 1.165) is 38.3 Å². The predicted octanol–water partition coefficient (Wildman–Crippen LogP) is 3.87. The molecule has 8 rings (SSSR count). The summed E-state index contributed by atoms with van der Waals surface area (Å²) in [5.41, 5.74) is 5.76. The number of carbonyl (C=O) groups excluding carboxylic acids is 1. The quantitative estimate of drug-likeness (QED) is 0.164. The molecule has 270 valence electrons. The number of amides is 1. The Kier molecular flexibility index (Phi) is 9.73. The van der Waals surface area contributed by atoms with Crippen molar-refractivity contribution in [3.05, 3.63) is 94.9 Å². The van der Waals surface area contributed by atoms with Crippen LogP contribution in [-0.4, -0.2) is 69.8 Å². The molecule has 0 radical (unpaired) electrons. The first-order valence-electron chi connectivity index (χ1n) is 16.5. The predicted molar refractivity (Wildman–Crippen MR) is 201 cm³/mol. The summed E-state index contributed by atoms with van der Waals surface area (Å²) in [6.07, 6.45) is 2.95. The van der Waals surface area contributed by atoms with E-state index in [1.807, 2.05) is 55.2 Å². The number of ether oxygens (including phenoxy) is 1. The van der Waals surface area contributed by atoms with E-state index < -0.39 is 35.2 Å². The van der Waals surface area contributed by atoms with Crippen LogP contribution < -0.4 is 22.4 Å². The number of aliphatic hydroxyl groups excluding tert-OH is 1.